The fraction of sp³-hybridized carbons (Fsp3) is 0.400. The highest BCUT2D eigenvalue weighted by Crippen LogP contribution is 2.26. The molecule has 0 saturated heterocycles. The van der Waals surface area contributed by atoms with Gasteiger partial charge in [0.1, 0.15) is 0 Å². The van der Waals surface area contributed by atoms with Crippen LogP contribution in [0.4, 0.5) is 0 Å². The molecule has 0 aromatic heterocycles. The molecule has 1 aliphatic rings. The number of rotatable bonds is 4. The fourth-order valence-corrected chi connectivity index (χ4v) is 3.68. The molecule has 1 saturated carbocycles. The molecule has 0 radical (unpaired) electrons. The van der Waals surface area contributed by atoms with Crippen molar-refractivity contribution in [3.8, 4) is 0 Å². The molecule has 0 amide bonds. The van der Waals surface area contributed by atoms with E-state index in [-0.39, 0.29) is 10.9 Å². The first-order valence-electron chi connectivity index (χ1n) is 5.04. The topological polar surface area (TPSA) is 72.2 Å². The summed E-state index contributed by atoms with van der Waals surface area (Å²) in [6, 6.07) is 5.23. The number of hydrogen-bond donors (Lipinski definition) is 2. The van der Waals surface area contributed by atoms with Gasteiger partial charge in [0.2, 0.25) is 10.0 Å². The Morgan fingerprint density at radius 2 is 2.12 bits per heavy atom. The molecule has 0 spiro atoms. The molecule has 1 fully saturated rings. The molecule has 0 heterocycles. The zero-order valence-electron chi connectivity index (χ0n) is 8.61. The monoisotopic (exact) mass is 304 g/mol. The Morgan fingerprint density at radius 3 is 2.69 bits per heavy atom. The van der Waals surface area contributed by atoms with Gasteiger partial charge in [-0.3, -0.25) is 0 Å². The lowest BCUT2D eigenvalue weighted by Crippen LogP contribution is -2.26. The molecule has 6 heteroatoms. The number of benzene rings is 1. The molecule has 1 aliphatic carbocycles. The second-order valence-corrected chi connectivity index (χ2v) is 6.40. The van der Waals surface area contributed by atoms with E-state index in [0.29, 0.717) is 11.0 Å². The van der Waals surface area contributed by atoms with Gasteiger partial charge in [-0.1, -0.05) is 6.07 Å². The Kier molecular flexibility index (Phi) is 3.34. The SMILES string of the molecule is NCc1ccc(Br)c(S(=O)(=O)NC2CC2)c1. The van der Waals surface area contributed by atoms with E-state index in [0.717, 1.165) is 18.4 Å². The molecule has 1 aromatic rings. The fourth-order valence-electron chi connectivity index (χ4n) is 1.36. The lowest BCUT2D eigenvalue weighted by molar-refractivity contribution is 0.580. The minimum absolute atomic E-state index is 0.110. The summed E-state index contributed by atoms with van der Waals surface area (Å²) in [4.78, 5) is 0.266. The third-order valence-electron chi connectivity index (χ3n) is 2.42. The quantitative estimate of drug-likeness (QED) is 0.882. The van der Waals surface area contributed by atoms with E-state index in [9.17, 15) is 8.42 Å². The highest BCUT2D eigenvalue weighted by atomic mass is 79.9. The number of nitrogens with two attached hydrogens (primary N) is 1. The maximum absolute atomic E-state index is 12.0. The Bertz CT molecular complexity index is 498. The largest absolute Gasteiger partial charge is 0.326 e. The van der Waals surface area contributed by atoms with E-state index in [1.165, 1.54) is 0 Å². The van der Waals surface area contributed by atoms with Crippen molar-refractivity contribution in [3.05, 3.63) is 28.2 Å². The smallest absolute Gasteiger partial charge is 0.241 e. The van der Waals surface area contributed by atoms with Gasteiger partial charge in [0, 0.05) is 17.1 Å². The first kappa shape index (κ1) is 12.0. The van der Waals surface area contributed by atoms with Crippen molar-refractivity contribution in [2.75, 3.05) is 0 Å². The van der Waals surface area contributed by atoms with Gasteiger partial charge in [0.15, 0.2) is 0 Å². The van der Waals surface area contributed by atoms with Gasteiger partial charge in [-0.2, -0.15) is 0 Å². The predicted octanol–water partition coefficient (Wildman–Crippen LogP) is 1.35. The van der Waals surface area contributed by atoms with Crippen LogP contribution in [-0.2, 0) is 16.6 Å². The summed E-state index contributed by atoms with van der Waals surface area (Å²) in [6.45, 7) is 0.333. The molecule has 0 unspecified atom stereocenters. The first-order chi connectivity index (χ1) is 7.53. The zero-order valence-corrected chi connectivity index (χ0v) is 11.0. The van der Waals surface area contributed by atoms with Gasteiger partial charge in [-0.15, -0.1) is 0 Å². The molecular formula is C10H13BrN2O2S. The van der Waals surface area contributed by atoms with Crippen molar-refractivity contribution < 1.29 is 8.42 Å². The molecule has 2 rings (SSSR count). The van der Waals surface area contributed by atoms with Crippen molar-refractivity contribution in [2.24, 2.45) is 5.73 Å². The molecule has 16 heavy (non-hydrogen) atoms. The Hall–Kier alpha value is -0.430. The summed E-state index contributed by atoms with van der Waals surface area (Å²) >= 11 is 3.25. The zero-order chi connectivity index (χ0) is 11.8. The summed E-state index contributed by atoms with van der Waals surface area (Å²) in [6.07, 6.45) is 1.85. The van der Waals surface area contributed by atoms with Crippen LogP contribution in [0.5, 0.6) is 0 Å². The second-order valence-electron chi connectivity index (χ2n) is 3.86. The average molecular weight is 305 g/mol. The summed E-state index contributed by atoms with van der Waals surface area (Å²) in [5.41, 5.74) is 6.30. The summed E-state index contributed by atoms with van der Waals surface area (Å²) in [5.74, 6) is 0. The number of halogens is 1. The lowest BCUT2D eigenvalue weighted by atomic mass is 10.2. The van der Waals surface area contributed by atoms with Gasteiger partial charge >= 0.3 is 0 Å². The van der Waals surface area contributed by atoms with Crippen LogP contribution in [0.25, 0.3) is 0 Å². The van der Waals surface area contributed by atoms with Gasteiger partial charge < -0.3 is 5.73 Å². The minimum Gasteiger partial charge on any atom is -0.326 e. The van der Waals surface area contributed by atoms with Crippen molar-refractivity contribution in [2.45, 2.75) is 30.3 Å². The van der Waals surface area contributed by atoms with E-state index in [2.05, 4.69) is 20.7 Å². The van der Waals surface area contributed by atoms with Crippen LogP contribution in [0.1, 0.15) is 18.4 Å². The molecular weight excluding hydrogens is 292 g/mol. The van der Waals surface area contributed by atoms with Gasteiger partial charge in [-0.25, -0.2) is 13.1 Å². The average Bonchev–Trinajstić information content (AvgIpc) is 3.01. The molecule has 4 nitrogen and oxygen atoms in total. The van der Waals surface area contributed by atoms with E-state index in [1.807, 2.05) is 0 Å². The predicted molar refractivity (Wildman–Crippen MR) is 65.4 cm³/mol. The van der Waals surface area contributed by atoms with Gasteiger partial charge in [0.05, 0.1) is 4.90 Å². The van der Waals surface area contributed by atoms with E-state index >= 15 is 0 Å². The number of nitrogens with one attached hydrogen (secondary N) is 1. The number of hydrogen-bond acceptors (Lipinski definition) is 3. The van der Waals surface area contributed by atoms with Crippen LogP contribution in [0, 0.1) is 0 Å². The first-order valence-corrected chi connectivity index (χ1v) is 7.31. The van der Waals surface area contributed by atoms with Crippen molar-refractivity contribution in [1.82, 2.24) is 4.72 Å². The van der Waals surface area contributed by atoms with Crippen LogP contribution in [0.3, 0.4) is 0 Å². The molecule has 88 valence electrons. The normalized spacial score (nSPS) is 16.4. The third kappa shape index (κ3) is 2.63. The standard InChI is InChI=1S/C10H13BrN2O2S/c11-9-4-1-7(6-12)5-10(9)16(14,15)13-8-2-3-8/h1,4-5,8,13H,2-3,6,12H2. The molecule has 0 atom stereocenters. The molecule has 1 aromatic carbocycles. The maximum atomic E-state index is 12.0. The van der Waals surface area contributed by atoms with Crippen LogP contribution < -0.4 is 10.5 Å². The van der Waals surface area contributed by atoms with E-state index < -0.39 is 10.0 Å². The van der Waals surface area contributed by atoms with Crippen molar-refractivity contribution in [3.63, 3.8) is 0 Å². The van der Waals surface area contributed by atoms with Crippen LogP contribution in [0.15, 0.2) is 27.6 Å². The van der Waals surface area contributed by atoms with Crippen LogP contribution >= 0.6 is 15.9 Å². The second kappa shape index (κ2) is 4.44. The van der Waals surface area contributed by atoms with Crippen molar-refractivity contribution >= 4 is 26.0 Å². The van der Waals surface area contributed by atoms with E-state index in [4.69, 9.17) is 5.73 Å². The molecule has 0 bridgehead atoms. The highest BCUT2D eigenvalue weighted by molar-refractivity contribution is 9.10. The Morgan fingerprint density at radius 1 is 1.44 bits per heavy atom. The van der Waals surface area contributed by atoms with E-state index in [1.54, 1.807) is 18.2 Å². The summed E-state index contributed by atoms with van der Waals surface area (Å²) in [5, 5.41) is 0. The highest BCUT2D eigenvalue weighted by Gasteiger charge is 2.29. The van der Waals surface area contributed by atoms with Crippen LogP contribution in [0.2, 0.25) is 0 Å². The Balaban J connectivity index is 2.36. The van der Waals surface area contributed by atoms with Gasteiger partial charge in [0.25, 0.3) is 0 Å². The minimum atomic E-state index is -3.41. The maximum Gasteiger partial charge on any atom is 0.241 e. The summed E-state index contributed by atoms with van der Waals surface area (Å²) in [7, 11) is -3.41. The summed E-state index contributed by atoms with van der Waals surface area (Å²) < 4.78 is 27.2. The van der Waals surface area contributed by atoms with Gasteiger partial charge in [-0.05, 0) is 46.5 Å². The molecule has 0 aliphatic heterocycles. The Labute approximate surface area is 103 Å². The third-order valence-corrected chi connectivity index (χ3v) is 4.93. The van der Waals surface area contributed by atoms with Crippen LogP contribution in [-0.4, -0.2) is 14.5 Å². The number of sulfonamides is 1. The lowest BCUT2D eigenvalue weighted by Gasteiger charge is -2.08. The van der Waals surface area contributed by atoms with Crippen molar-refractivity contribution in [1.29, 1.82) is 0 Å². The molecule has 3 N–H and O–H groups in total.